The molecule has 2 N–H and O–H groups in total. The van der Waals surface area contributed by atoms with Crippen molar-refractivity contribution < 1.29 is 18.7 Å². The zero-order valence-electron chi connectivity index (χ0n) is 13.1. The highest BCUT2D eigenvalue weighted by Gasteiger charge is 2.24. The van der Waals surface area contributed by atoms with Crippen LogP contribution in [0.15, 0.2) is 42.5 Å². The summed E-state index contributed by atoms with van der Waals surface area (Å²) in [5.74, 6) is 1.28. The maximum atomic E-state index is 8.81. The molecule has 0 spiro atoms. The molecule has 122 valence electrons. The summed E-state index contributed by atoms with van der Waals surface area (Å²) in [5, 5.41) is 8.81. The van der Waals surface area contributed by atoms with E-state index >= 15 is 0 Å². The van der Waals surface area contributed by atoms with Crippen LogP contribution in [0.4, 0.5) is 5.69 Å². The van der Waals surface area contributed by atoms with Gasteiger partial charge in [-0.15, -0.1) is 0 Å². The molecule has 7 heteroatoms. The zero-order chi connectivity index (χ0) is 16.8. The van der Waals surface area contributed by atoms with Gasteiger partial charge >= 0.3 is 7.32 Å². The fourth-order valence-electron chi connectivity index (χ4n) is 2.22. The molecule has 1 heterocycles. The van der Waals surface area contributed by atoms with Crippen LogP contribution in [0.3, 0.4) is 0 Å². The maximum Gasteiger partial charge on any atom is 0.639 e. The van der Waals surface area contributed by atoms with Crippen LogP contribution in [0.2, 0.25) is 0 Å². The molecule has 0 unspecified atom stereocenters. The van der Waals surface area contributed by atoms with Gasteiger partial charge in [0, 0.05) is 24.5 Å². The second-order valence-electron chi connectivity index (χ2n) is 5.29. The molecule has 0 saturated carbocycles. The monoisotopic (exact) mass is 324 g/mol. The number of nitrogens with zero attached hydrogens (tertiary/aromatic N) is 1. The van der Waals surface area contributed by atoms with Crippen LogP contribution in [-0.4, -0.2) is 20.5 Å². The minimum atomic E-state index is -0.652. The predicted molar refractivity (Wildman–Crippen MR) is 89.1 cm³/mol. The third-order valence-electron chi connectivity index (χ3n) is 3.51. The average Bonchev–Trinajstić information content (AvgIpc) is 2.63. The van der Waals surface area contributed by atoms with E-state index in [1.54, 1.807) is 36.4 Å². The summed E-state index contributed by atoms with van der Waals surface area (Å²) >= 11 is 0. The van der Waals surface area contributed by atoms with Crippen molar-refractivity contribution in [3.05, 3.63) is 53.6 Å². The van der Waals surface area contributed by atoms with Crippen LogP contribution in [-0.2, 0) is 20.6 Å². The molecular weight excluding hydrogens is 307 g/mol. The predicted octanol–water partition coefficient (Wildman–Crippen LogP) is 2.87. The van der Waals surface area contributed by atoms with Crippen molar-refractivity contribution >= 4 is 13.0 Å². The minimum absolute atomic E-state index is 0.265. The maximum absolute atomic E-state index is 8.81. The van der Waals surface area contributed by atoms with Crippen molar-refractivity contribution in [3.8, 4) is 17.6 Å². The van der Waals surface area contributed by atoms with E-state index in [9.17, 15) is 0 Å². The van der Waals surface area contributed by atoms with E-state index in [2.05, 4.69) is 6.07 Å². The van der Waals surface area contributed by atoms with Crippen LogP contribution < -0.4 is 10.5 Å². The Morgan fingerprint density at radius 3 is 2.50 bits per heavy atom. The Morgan fingerprint density at radius 1 is 1.08 bits per heavy atom. The van der Waals surface area contributed by atoms with Gasteiger partial charge in [0.15, 0.2) is 0 Å². The second-order valence-corrected chi connectivity index (χ2v) is 5.29. The molecule has 0 radical (unpaired) electrons. The number of hydrogen-bond acceptors (Lipinski definition) is 6. The fourth-order valence-corrected chi connectivity index (χ4v) is 2.22. The van der Waals surface area contributed by atoms with E-state index in [-0.39, 0.29) is 6.61 Å². The Hall–Kier alpha value is -2.53. The molecule has 2 aromatic carbocycles. The second kappa shape index (κ2) is 7.84. The van der Waals surface area contributed by atoms with E-state index in [0.717, 1.165) is 12.0 Å². The largest absolute Gasteiger partial charge is 0.639 e. The molecule has 0 atom stereocenters. The molecule has 1 aliphatic heterocycles. The lowest BCUT2D eigenvalue weighted by molar-refractivity contribution is 0.0488. The topological polar surface area (TPSA) is 86.7 Å². The summed E-state index contributed by atoms with van der Waals surface area (Å²) in [7, 11) is -0.652. The number of nitrogen functional groups attached to an aromatic ring is 1. The van der Waals surface area contributed by atoms with Gasteiger partial charge in [-0.2, -0.15) is 5.26 Å². The normalized spacial score (nSPS) is 14.2. The third kappa shape index (κ3) is 4.27. The first kappa shape index (κ1) is 16.3. The van der Waals surface area contributed by atoms with Crippen molar-refractivity contribution in [2.75, 3.05) is 18.9 Å². The smallest absolute Gasteiger partial charge is 0.457 e. The van der Waals surface area contributed by atoms with Gasteiger partial charge in [-0.3, -0.25) is 0 Å². The molecule has 1 fully saturated rings. The molecule has 2 aromatic rings. The Kier molecular flexibility index (Phi) is 5.34. The quantitative estimate of drug-likeness (QED) is 0.672. The summed E-state index contributed by atoms with van der Waals surface area (Å²) in [6.45, 7) is 1.52. The number of rotatable bonds is 5. The number of hydrogen-bond donors (Lipinski definition) is 1. The average molecular weight is 324 g/mol. The highest BCUT2D eigenvalue weighted by molar-refractivity contribution is 6.36. The summed E-state index contributed by atoms with van der Waals surface area (Å²) in [6.07, 6.45) is 0.871. The van der Waals surface area contributed by atoms with Crippen molar-refractivity contribution in [1.82, 2.24) is 0 Å². The summed E-state index contributed by atoms with van der Waals surface area (Å²) in [4.78, 5) is 0. The highest BCUT2D eigenvalue weighted by atomic mass is 16.7. The SMILES string of the molecule is N#Cc1ccc(Oc2ccc(N)c(COB3OCCCO3)c2)cc1. The summed E-state index contributed by atoms with van der Waals surface area (Å²) in [5.41, 5.74) is 7.97. The third-order valence-corrected chi connectivity index (χ3v) is 3.51. The Labute approximate surface area is 140 Å². The number of nitriles is 1. The van der Waals surface area contributed by atoms with Crippen LogP contribution in [0.25, 0.3) is 0 Å². The number of benzene rings is 2. The molecule has 3 rings (SSSR count). The van der Waals surface area contributed by atoms with Crippen LogP contribution >= 0.6 is 0 Å². The molecule has 6 nitrogen and oxygen atoms in total. The van der Waals surface area contributed by atoms with Gasteiger partial charge in [0.05, 0.1) is 18.2 Å². The lowest BCUT2D eigenvalue weighted by atomic mass is 10.1. The van der Waals surface area contributed by atoms with Gasteiger partial charge in [-0.1, -0.05) is 0 Å². The van der Waals surface area contributed by atoms with E-state index in [1.807, 2.05) is 6.07 Å². The minimum Gasteiger partial charge on any atom is -0.457 e. The van der Waals surface area contributed by atoms with Gasteiger partial charge in [0.1, 0.15) is 11.5 Å². The van der Waals surface area contributed by atoms with Crippen LogP contribution in [0.1, 0.15) is 17.5 Å². The van der Waals surface area contributed by atoms with Crippen molar-refractivity contribution in [2.45, 2.75) is 13.0 Å². The number of ether oxygens (including phenoxy) is 1. The molecule has 1 aliphatic rings. The molecule has 0 amide bonds. The van der Waals surface area contributed by atoms with E-state index in [0.29, 0.717) is 36.0 Å². The molecule has 1 saturated heterocycles. The van der Waals surface area contributed by atoms with E-state index in [1.165, 1.54) is 0 Å². The van der Waals surface area contributed by atoms with Gasteiger partial charge in [-0.05, 0) is 48.9 Å². The number of nitrogens with two attached hydrogens (primary N) is 1. The van der Waals surface area contributed by atoms with Gasteiger partial charge < -0.3 is 24.4 Å². The first-order chi connectivity index (χ1) is 11.7. The highest BCUT2D eigenvalue weighted by Crippen LogP contribution is 2.26. The zero-order valence-corrected chi connectivity index (χ0v) is 13.1. The van der Waals surface area contributed by atoms with Crippen molar-refractivity contribution in [1.29, 1.82) is 5.26 Å². The fraction of sp³-hybridized carbons (Fsp3) is 0.235. The Morgan fingerprint density at radius 2 is 1.79 bits per heavy atom. The standard InChI is InChI=1S/C17H17BN2O4/c19-11-13-2-4-15(5-3-13)24-16-6-7-17(20)14(10-16)12-23-18-21-8-1-9-22-18/h2-7,10H,1,8-9,12,20H2. The first-order valence-corrected chi connectivity index (χ1v) is 7.66. The van der Waals surface area contributed by atoms with Crippen molar-refractivity contribution in [2.24, 2.45) is 0 Å². The van der Waals surface area contributed by atoms with E-state index < -0.39 is 7.32 Å². The molecule has 0 bridgehead atoms. The van der Waals surface area contributed by atoms with Gasteiger partial charge in [0.25, 0.3) is 0 Å². The van der Waals surface area contributed by atoms with Crippen molar-refractivity contribution in [3.63, 3.8) is 0 Å². The molecule has 0 aliphatic carbocycles. The van der Waals surface area contributed by atoms with Crippen LogP contribution in [0.5, 0.6) is 11.5 Å². The van der Waals surface area contributed by atoms with E-state index in [4.69, 9.17) is 29.7 Å². The number of anilines is 1. The molecule has 0 aromatic heterocycles. The first-order valence-electron chi connectivity index (χ1n) is 7.66. The summed E-state index contributed by atoms with van der Waals surface area (Å²) in [6, 6.07) is 14.3. The lowest BCUT2D eigenvalue weighted by Crippen LogP contribution is -2.32. The summed E-state index contributed by atoms with van der Waals surface area (Å²) < 4.78 is 22.0. The molecule has 24 heavy (non-hydrogen) atoms. The van der Waals surface area contributed by atoms with Gasteiger partial charge in [-0.25, -0.2) is 0 Å². The van der Waals surface area contributed by atoms with Gasteiger partial charge in [0.2, 0.25) is 0 Å². The lowest BCUT2D eigenvalue weighted by Gasteiger charge is -2.19. The Balaban J connectivity index is 1.65. The molecular formula is C17H17BN2O4. The Bertz CT molecular complexity index is 724. The van der Waals surface area contributed by atoms with Crippen LogP contribution in [0, 0.1) is 11.3 Å².